The maximum atomic E-state index is 12.3. The van der Waals surface area contributed by atoms with Gasteiger partial charge in [-0.1, -0.05) is 30.3 Å². The molecule has 3 rings (SSSR count). The summed E-state index contributed by atoms with van der Waals surface area (Å²) >= 11 is 0. The number of carbonyl (C=O) groups excluding carboxylic acids is 1. The zero-order chi connectivity index (χ0) is 17.6. The van der Waals surface area contributed by atoms with E-state index >= 15 is 0 Å². The van der Waals surface area contributed by atoms with Crippen molar-refractivity contribution < 1.29 is 13.9 Å². The minimum Gasteiger partial charge on any atom is -0.489 e. The monoisotopic (exact) mass is 335 g/mol. The number of carbonyl (C=O) groups is 1. The molecule has 0 unspecified atom stereocenters. The summed E-state index contributed by atoms with van der Waals surface area (Å²) in [5, 5.41) is 2.93. The Morgan fingerprint density at radius 2 is 1.76 bits per heavy atom. The average Bonchev–Trinajstić information content (AvgIpc) is 3.08. The summed E-state index contributed by atoms with van der Waals surface area (Å²) in [6.45, 7) is 4.28. The van der Waals surface area contributed by atoms with Crippen molar-refractivity contribution in [1.29, 1.82) is 0 Å². The third kappa shape index (κ3) is 4.51. The first-order chi connectivity index (χ1) is 12.1. The van der Waals surface area contributed by atoms with Crippen molar-refractivity contribution in [2.75, 3.05) is 0 Å². The lowest BCUT2D eigenvalue weighted by molar-refractivity contribution is 0.0935. The number of furan rings is 1. The van der Waals surface area contributed by atoms with Gasteiger partial charge in [0.15, 0.2) is 0 Å². The highest BCUT2D eigenvalue weighted by molar-refractivity contribution is 5.94. The van der Waals surface area contributed by atoms with Crippen LogP contribution in [0.25, 0.3) is 0 Å². The molecule has 0 aliphatic rings. The van der Waals surface area contributed by atoms with Gasteiger partial charge in [-0.2, -0.15) is 0 Å². The fraction of sp³-hybridized carbons (Fsp3) is 0.190. The maximum absolute atomic E-state index is 12.3. The standard InChI is InChI=1S/C21H21NO3/c1-15-8-13-20(25-15)16(2)22-21(23)18-9-11-19(12-10-18)24-14-17-6-4-3-5-7-17/h3-13,16H,14H2,1-2H3,(H,22,23)/t16-/m0/s1. The predicted octanol–water partition coefficient (Wildman–Crippen LogP) is 4.66. The van der Waals surface area contributed by atoms with E-state index in [9.17, 15) is 4.79 Å². The Hall–Kier alpha value is -3.01. The molecule has 1 N–H and O–H groups in total. The van der Waals surface area contributed by atoms with E-state index in [2.05, 4.69) is 5.32 Å². The van der Waals surface area contributed by atoms with E-state index in [1.54, 1.807) is 24.3 Å². The second kappa shape index (κ2) is 7.71. The molecule has 0 bridgehead atoms. The molecule has 0 fully saturated rings. The van der Waals surface area contributed by atoms with E-state index in [1.165, 1.54) is 0 Å². The number of ether oxygens (including phenoxy) is 1. The van der Waals surface area contributed by atoms with Crippen molar-refractivity contribution in [3.8, 4) is 5.75 Å². The minimum atomic E-state index is -0.185. The zero-order valence-electron chi connectivity index (χ0n) is 14.4. The number of aryl methyl sites for hydroxylation is 1. The molecule has 0 aliphatic carbocycles. The second-order valence-electron chi connectivity index (χ2n) is 5.94. The number of benzene rings is 2. The molecule has 0 radical (unpaired) electrons. The lowest BCUT2D eigenvalue weighted by atomic mass is 10.1. The minimum absolute atomic E-state index is 0.142. The van der Waals surface area contributed by atoms with Gasteiger partial charge in [0.05, 0.1) is 6.04 Å². The van der Waals surface area contributed by atoms with Crippen molar-refractivity contribution >= 4 is 5.91 Å². The van der Waals surface area contributed by atoms with Crippen molar-refractivity contribution in [2.45, 2.75) is 26.5 Å². The molecule has 1 heterocycles. The number of amides is 1. The maximum Gasteiger partial charge on any atom is 0.251 e. The number of hydrogen-bond acceptors (Lipinski definition) is 3. The molecule has 1 atom stereocenters. The third-order valence-corrected chi connectivity index (χ3v) is 3.90. The average molecular weight is 335 g/mol. The van der Waals surface area contributed by atoms with Crippen molar-refractivity contribution in [1.82, 2.24) is 5.32 Å². The Bertz CT molecular complexity index is 822. The molecule has 1 aromatic heterocycles. The van der Waals surface area contributed by atoms with Crippen LogP contribution < -0.4 is 10.1 Å². The van der Waals surface area contributed by atoms with Crippen LogP contribution in [0.3, 0.4) is 0 Å². The van der Waals surface area contributed by atoms with E-state index in [0.717, 1.165) is 22.8 Å². The highest BCUT2D eigenvalue weighted by Crippen LogP contribution is 2.18. The van der Waals surface area contributed by atoms with Crippen molar-refractivity contribution in [3.63, 3.8) is 0 Å². The fourth-order valence-corrected chi connectivity index (χ4v) is 2.48. The van der Waals surface area contributed by atoms with Gasteiger partial charge in [0.2, 0.25) is 0 Å². The van der Waals surface area contributed by atoms with Crippen LogP contribution in [0.15, 0.2) is 71.1 Å². The normalized spacial score (nSPS) is 11.8. The van der Waals surface area contributed by atoms with E-state index in [1.807, 2.05) is 56.3 Å². The summed E-state index contributed by atoms with van der Waals surface area (Å²) in [7, 11) is 0. The van der Waals surface area contributed by atoms with Gasteiger partial charge in [-0.25, -0.2) is 0 Å². The third-order valence-electron chi connectivity index (χ3n) is 3.90. The molecular formula is C21H21NO3. The highest BCUT2D eigenvalue weighted by Gasteiger charge is 2.14. The van der Waals surface area contributed by atoms with Crippen LogP contribution in [0, 0.1) is 6.92 Å². The molecule has 25 heavy (non-hydrogen) atoms. The SMILES string of the molecule is Cc1ccc([C@H](C)NC(=O)c2ccc(OCc3ccccc3)cc2)o1. The molecular weight excluding hydrogens is 314 g/mol. The molecule has 2 aromatic carbocycles. The Balaban J connectivity index is 1.57. The van der Waals surface area contributed by atoms with Gasteiger partial charge < -0.3 is 14.5 Å². The van der Waals surface area contributed by atoms with Gasteiger partial charge in [0, 0.05) is 5.56 Å². The lowest BCUT2D eigenvalue weighted by Crippen LogP contribution is -2.26. The molecule has 0 spiro atoms. The number of hydrogen-bond donors (Lipinski definition) is 1. The van der Waals surface area contributed by atoms with Crippen molar-refractivity contribution in [2.24, 2.45) is 0 Å². The molecule has 3 aromatic rings. The Labute approximate surface area is 147 Å². The lowest BCUT2D eigenvalue weighted by Gasteiger charge is -2.12. The van der Waals surface area contributed by atoms with Gasteiger partial charge in [0.25, 0.3) is 5.91 Å². The first kappa shape index (κ1) is 16.8. The van der Waals surface area contributed by atoms with E-state index in [4.69, 9.17) is 9.15 Å². The second-order valence-corrected chi connectivity index (χ2v) is 5.94. The Kier molecular flexibility index (Phi) is 5.19. The molecule has 4 heteroatoms. The van der Waals surface area contributed by atoms with Gasteiger partial charge in [-0.3, -0.25) is 4.79 Å². The number of nitrogens with one attached hydrogen (secondary N) is 1. The topological polar surface area (TPSA) is 51.5 Å². The molecule has 0 saturated carbocycles. The van der Waals surface area contributed by atoms with Gasteiger partial charge in [-0.05, 0) is 55.8 Å². The largest absolute Gasteiger partial charge is 0.489 e. The van der Waals surface area contributed by atoms with E-state index < -0.39 is 0 Å². The van der Waals surface area contributed by atoms with Gasteiger partial charge in [0.1, 0.15) is 23.9 Å². The molecule has 1 amide bonds. The first-order valence-electron chi connectivity index (χ1n) is 8.26. The molecule has 0 aliphatic heterocycles. The molecule has 128 valence electrons. The van der Waals surface area contributed by atoms with E-state index in [-0.39, 0.29) is 11.9 Å². The summed E-state index contributed by atoms with van der Waals surface area (Å²) in [5.41, 5.74) is 1.69. The van der Waals surface area contributed by atoms with Crippen LogP contribution in [-0.4, -0.2) is 5.91 Å². The summed E-state index contributed by atoms with van der Waals surface area (Å²) in [6.07, 6.45) is 0. The zero-order valence-corrected chi connectivity index (χ0v) is 14.4. The summed E-state index contributed by atoms with van der Waals surface area (Å²) in [4.78, 5) is 12.3. The van der Waals surface area contributed by atoms with Crippen LogP contribution in [-0.2, 0) is 6.61 Å². The van der Waals surface area contributed by atoms with Gasteiger partial charge in [-0.15, -0.1) is 0 Å². The first-order valence-corrected chi connectivity index (χ1v) is 8.26. The fourth-order valence-electron chi connectivity index (χ4n) is 2.48. The van der Waals surface area contributed by atoms with Crippen LogP contribution in [0.1, 0.15) is 40.4 Å². The number of rotatable bonds is 6. The highest BCUT2D eigenvalue weighted by atomic mass is 16.5. The van der Waals surface area contributed by atoms with Crippen molar-refractivity contribution in [3.05, 3.63) is 89.4 Å². The quantitative estimate of drug-likeness (QED) is 0.713. The Morgan fingerprint density at radius 1 is 1.04 bits per heavy atom. The summed E-state index contributed by atoms with van der Waals surface area (Å²) in [6, 6.07) is 20.7. The summed E-state index contributed by atoms with van der Waals surface area (Å²) in [5.74, 6) is 2.16. The van der Waals surface area contributed by atoms with Gasteiger partial charge >= 0.3 is 0 Å². The summed E-state index contributed by atoms with van der Waals surface area (Å²) < 4.78 is 11.3. The van der Waals surface area contributed by atoms with Crippen LogP contribution in [0.4, 0.5) is 0 Å². The van der Waals surface area contributed by atoms with E-state index in [0.29, 0.717) is 12.2 Å². The van der Waals surface area contributed by atoms with Crippen LogP contribution in [0.2, 0.25) is 0 Å². The van der Waals surface area contributed by atoms with Crippen LogP contribution in [0.5, 0.6) is 5.75 Å². The smallest absolute Gasteiger partial charge is 0.251 e. The predicted molar refractivity (Wildman–Crippen MR) is 96.5 cm³/mol. The van der Waals surface area contributed by atoms with Crippen LogP contribution >= 0.6 is 0 Å². The molecule has 0 saturated heterocycles. The molecule has 4 nitrogen and oxygen atoms in total. The Morgan fingerprint density at radius 3 is 2.40 bits per heavy atom.